The summed E-state index contributed by atoms with van der Waals surface area (Å²) < 4.78 is 0. The zero-order valence-electron chi connectivity index (χ0n) is 7.84. The second kappa shape index (κ2) is 3.81. The summed E-state index contributed by atoms with van der Waals surface area (Å²) in [6.45, 7) is 3.83. The smallest absolute Gasteiger partial charge is 0.0687 e. The lowest BCUT2D eigenvalue weighted by atomic mass is 9.87. The second-order valence-electron chi connectivity index (χ2n) is 3.76. The first kappa shape index (κ1) is 10.1. The van der Waals surface area contributed by atoms with Crippen LogP contribution in [0.4, 0.5) is 0 Å². The summed E-state index contributed by atoms with van der Waals surface area (Å²) in [6, 6.07) is 9.90. The largest absolute Gasteiger partial charge is 0.198 e. The Bertz CT molecular complexity index is 336. The molecule has 13 heavy (non-hydrogen) atoms. The quantitative estimate of drug-likeness (QED) is 0.706. The fourth-order valence-electron chi connectivity index (χ4n) is 1.16. The molecule has 0 unspecified atom stereocenters. The van der Waals surface area contributed by atoms with Crippen LogP contribution in [0.2, 0.25) is 5.02 Å². The molecule has 0 aromatic heterocycles. The maximum Gasteiger partial charge on any atom is 0.0687 e. The van der Waals surface area contributed by atoms with Crippen molar-refractivity contribution in [3.63, 3.8) is 0 Å². The minimum Gasteiger partial charge on any atom is -0.198 e. The van der Waals surface area contributed by atoms with Gasteiger partial charge in [-0.15, -0.1) is 0 Å². The fraction of sp³-hybridized carbons (Fsp3) is 0.364. The van der Waals surface area contributed by atoms with E-state index in [4.69, 9.17) is 16.9 Å². The minimum absolute atomic E-state index is 0.342. The molecule has 0 aliphatic carbocycles. The van der Waals surface area contributed by atoms with Gasteiger partial charge >= 0.3 is 0 Å². The number of hydrogen-bond donors (Lipinski definition) is 0. The second-order valence-corrected chi connectivity index (χ2v) is 4.17. The number of nitriles is 1. The predicted octanol–water partition coefficient (Wildman–Crippen LogP) is 3.43. The van der Waals surface area contributed by atoms with Crippen molar-refractivity contribution in [2.45, 2.75) is 20.3 Å². The Hall–Kier alpha value is -1.00. The number of benzene rings is 1. The molecule has 0 saturated carbocycles. The first-order valence-corrected chi connectivity index (χ1v) is 4.58. The molecule has 0 saturated heterocycles. The molecule has 1 rings (SSSR count). The number of halogens is 1. The Kier molecular flexibility index (Phi) is 2.95. The van der Waals surface area contributed by atoms with E-state index in [0.717, 1.165) is 10.6 Å². The molecule has 0 N–H and O–H groups in total. The molecule has 0 amide bonds. The molecule has 1 nitrogen and oxygen atoms in total. The first-order chi connectivity index (χ1) is 6.05. The van der Waals surface area contributed by atoms with Crippen molar-refractivity contribution in [2.75, 3.05) is 0 Å². The molecule has 2 heteroatoms. The Morgan fingerprint density at radius 3 is 2.54 bits per heavy atom. The summed E-state index contributed by atoms with van der Waals surface area (Å²) >= 11 is 5.98. The number of hydrogen-bond acceptors (Lipinski definition) is 1. The lowest BCUT2D eigenvalue weighted by Gasteiger charge is -2.15. The Balaban J connectivity index is 2.88. The van der Waals surface area contributed by atoms with Gasteiger partial charge in [0, 0.05) is 5.02 Å². The summed E-state index contributed by atoms with van der Waals surface area (Å²) in [5, 5.41) is 9.59. The summed E-state index contributed by atoms with van der Waals surface area (Å²) in [6.07, 6.45) is 0.698. The Morgan fingerprint density at radius 2 is 2.00 bits per heavy atom. The van der Waals surface area contributed by atoms with Gasteiger partial charge in [0.2, 0.25) is 0 Å². The van der Waals surface area contributed by atoms with E-state index < -0.39 is 0 Å². The van der Waals surface area contributed by atoms with Crippen LogP contribution >= 0.6 is 11.6 Å². The van der Waals surface area contributed by atoms with Crippen molar-refractivity contribution in [3.05, 3.63) is 34.9 Å². The highest BCUT2D eigenvalue weighted by Gasteiger charge is 2.18. The van der Waals surface area contributed by atoms with Crippen molar-refractivity contribution in [1.29, 1.82) is 5.26 Å². The lowest BCUT2D eigenvalue weighted by Crippen LogP contribution is -2.11. The molecule has 0 bridgehead atoms. The molecule has 1 aromatic rings. The van der Waals surface area contributed by atoms with E-state index in [-0.39, 0.29) is 5.41 Å². The van der Waals surface area contributed by atoms with Crippen molar-refractivity contribution in [1.82, 2.24) is 0 Å². The summed E-state index contributed by atoms with van der Waals surface area (Å²) in [7, 11) is 0. The zero-order valence-corrected chi connectivity index (χ0v) is 8.60. The van der Waals surface area contributed by atoms with Crippen LogP contribution in [0, 0.1) is 16.7 Å². The molecule has 68 valence electrons. The molecular formula is C11H12ClN. The van der Waals surface area contributed by atoms with Crippen LogP contribution in [0.25, 0.3) is 0 Å². The van der Waals surface area contributed by atoms with Crippen LogP contribution in [-0.4, -0.2) is 0 Å². The van der Waals surface area contributed by atoms with E-state index in [1.165, 1.54) is 0 Å². The molecule has 0 fully saturated rings. The molecule has 1 aromatic carbocycles. The SMILES string of the molecule is CC(C)(C#N)Cc1ccccc1Cl. The Labute approximate surface area is 84.0 Å². The third kappa shape index (κ3) is 2.75. The maximum absolute atomic E-state index is 8.85. The van der Waals surface area contributed by atoms with Crippen LogP contribution < -0.4 is 0 Å². The van der Waals surface area contributed by atoms with Crippen molar-refractivity contribution in [3.8, 4) is 6.07 Å². The molecule has 0 atom stereocenters. The predicted molar refractivity (Wildman–Crippen MR) is 54.6 cm³/mol. The van der Waals surface area contributed by atoms with Gasteiger partial charge in [0.15, 0.2) is 0 Å². The van der Waals surface area contributed by atoms with Gasteiger partial charge in [-0.25, -0.2) is 0 Å². The molecule has 0 aliphatic heterocycles. The van der Waals surface area contributed by atoms with Gasteiger partial charge in [-0.3, -0.25) is 0 Å². The average Bonchev–Trinajstić information content (AvgIpc) is 2.09. The van der Waals surface area contributed by atoms with Gasteiger partial charge in [0.1, 0.15) is 0 Å². The molecule has 0 radical (unpaired) electrons. The van der Waals surface area contributed by atoms with Crippen molar-refractivity contribution < 1.29 is 0 Å². The monoisotopic (exact) mass is 193 g/mol. The van der Waals surface area contributed by atoms with E-state index in [1.807, 2.05) is 38.1 Å². The highest BCUT2D eigenvalue weighted by atomic mass is 35.5. The van der Waals surface area contributed by atoms with Gasteiger partial charge in [-0.2, -0.15) is 5.26 Å². The standard InChI is InChI=1S/C11H12ClN/c1-11(2,8-13)7-9-5-3-4-6-10(9)12/h3-6H,7H2,1-2H3. The topological polar surface area (TPSA) is 23.8 Å². The van der Waals surface area contributed by atoms with E-state index in [1.54, 1.807) is 0 Å². The normalized spacial score (nSPS) is 10.9. The number of nitrogens with zero attached hydrogens (tertiary/aromatic N) is 1. The first-order valence-electron chi connectivity index (χ1n) is 4.20. The van der Waals surface area contributed by atoms with Gasteiger partial charge in [-0.05, 0) is 31.9 Å². The molecule has 0 spiro atoms. The van der Waals surface area contributed by atoms with E-state index in [0.29, 0.717) is 6.42 Å². The van der Waals surface area contributed by atoms with Crippen LogP contribution in [0.1, 0.15) is 19.4 Å². The highest BCUT2D eigenvalue weighted by Crippen LogP contribution is 2.25. The van der Waals surface area contributed by atoms with E-state index in [2.05, 4.69) is 6.07 Å². The van der Waals surface area contributed by atoms with Crippen LogP contribution in [0.15, 0.2) is 24.3 Å². The fourth-order valence-corrected chi connectivity index (χ4v) is 1.36. The van der Waals surface area contributed by atoms with E-state index >= 15 is 0 Å². The van der Waals surface area contributed by atoms with Crippen molar-refractivity contribution in [2.24, 2.45) is 5.41 Å². The molecule has 0 heterocycles. The van der Waals surface area contributed by atoms with Gasteiger partial charge in [-0.1, -0.05) is 29.8 Å². The molecular weight excluding hydrogens is 182 g/mol. The average molecular weight is 194 g/mol. The van der Waals surface area contributed by atoms with Gasteiger partial charge in [0.05, 0.1) is 11.5 Å². The maximum atomic E-state index is 8.85. The van der Waals surface area contributed by atoms with Gasteiger partial charge < -0.3 is 0 Å². The van der Waals surface area contributed by atoms with Crippen LogP contribution in [0.5, 0.6) is 0 Å². The number of rotatable bonds is 2. The third-order valence-electron chi connectivity index (χ3n) is 1.89. The van der Waals surface area contributed by atoms with E-state index in [9.17, 15) is 0 Å². The van der Waals surface area contributed by atoms with Gasteiger partial charge in [0.25, 0.3) is 0 Å². The highest BCUT2D eigenvalue weighted by molar-refractivity contribution is 6.31. The summed E-state index contributed by atoms with van der Waals surface area (Å²) in [5.41, 5.74) is 0.695. The Morgan fingerprint density at radius 1 is 1.38 bits per heavy atom. The minimum atomic E-state index is -0.342. The van der Waals surface area contributed by atoms with Crippen LogP contribution in [0.3, 0.4) is 0 Å². The molecule has 0 aliphatic rings. The summed E-state index contributed by atoms with van der Waals surface area (Å²) in [5.74, 6) is 0. The van der Waals surface area contributed by atoms with Crippen LogP contribution in [-0.2, 0) is 6.42 Å². The summed E-state index contributed by atoms with van der Waals surface area (Å²) in [4.78, 5) is 0. The van der Waals surface area contributed by atoms with Crippen molar-refractivity contribution >= 4 is 11.6 Å². The third-order valence-corrected chi connectivity index (χ3v) is 2.26. The zero-order chi connectivity index (χ0) is 9.90. The lowest BCUT2D eigenvalue weighted by molar-refractivity contribution is 0.493.